The van der Waals surface area contributed by atoms with Gasteiger partial charge in [0.25, 0.3) is 0 Å². The summed E-state index contributed by atoms with van der Waals surface area (Å²) in [4.78, 5) is 0.114. The molecule has 154 valence electrons. The van der Waals surface area contributed by atoms with Gasteiger partial charge in [-0.1, -0.05) is 0 Å². The van der Waals surface area contributed by atoms with E-state index < -0.39 is 31.0 Å². The Bertz CT molecular complexity index is 803. The summed E-state index contributed by atoms with van der Waals surface area (Å²) in [5, 5.41) is 2.11. The molecule has 0 saturated carbocycles. The Labute approximate surface area is 162 Å². The summed E-state index contributed by atoms with van der Waals surface area (Å²) in [6.45, 7) is 7.26. The van der Waals surface area contributed by atoms with E-state index in [0.717, 1.165) is 0 Å². The van der Waals surface area contributed by atoms with Gasteiger partial charge in [0.1, 0.15) is 5.75 Å². The van der Waals surface area contributed by atoms with Crippen molar-refractivity contribution in [2.75, 3.05) is 31.3 Å². The molecule has 0 bridgehead atoms. The van der Waals surface area contributed by atoms with Crippen LogP contribution in [0.25, 0.3) is 0 Å². The standard InChI is InChI=1S/C18H29NO6S2/c1-4-24-15-6-8-16(9-7-15)27(22,23)18-13-26(20,21)12-17(18)19-10-5-11-25-14(2)3/h6-9,14,17-19H,4-5,10-13H2,1-3H3/t17-,18-/m0/s1. The lowest BCUT2D eigenvalue weighted by Gasteiger charge is -2.20. The van der Waals surface area contributed by atoms with Gasteiger partial charge < -0.3 is 14.8 Å². The van der Waals surface area contributed by atoms with Crippen LogP contribution in [0.15, 0.2) is 29.2 Å². The van der Waals surface area contributed by atoms with Gasteiger partial charge in [-0.05, 0) is 58.0 Å². The Morgan fingerprint density at radius 1 is 1.19 bits per heavy atom. The van der Waals surface area contributed by atoms with Gasteiger partial charge in [-0.3, -0.25) is 0 Å². The van der Waals surface area contributed by atoms with E-state index >= 15 is 0 Å². The summed E-state index contributed by atoms with van der Waals surface area (Å²) >= 11 is 0. The van der Waals surface area contributed by atoms with Crippen molar-refractivity contribution in [2.45, 2.75) is 49.5 Å². The molecule has 0 radical (unpaired) electrons. The van der Waals surface area contributed by atoms with E-state index in [1.807, 2.05) is 20.8 Å². The summed E-state index contributed by atoms with van der Waals surface area (Å²) in [5.74, 6) is 0.0529. The summed E-state index contributed by atoms with van der Waals surface area (Å²) in [5.41, 5.74) is 0. The zero-order valence-corrected chi connectivity index (χ0v) is 17.7. The maximum atomic E-state index is 13.0. The van der Waals surface area contributed by atoms with Crippen LogP contribution >= 0.6 is 0 Å². The van der Waals surface area contributed by atoms with E-state index in [0.29, 0.717) is 31.9 Å². The van der Waals surface area contributed by atoms with Crippen molar-refractivity contribution in [1.82, 2.24) is 5.32 Å². The first-order chi connectivity index (χ1) is 12.7. The third-order valence-corrected chi connectivity index (χ3v) is 8.51. The second kappa shape index (κ2) is 9.36. The van der Waals surface area contributed by atoms with Gasteiger partial charge in [-0.2, -0.15) is 0 Å². The molecule has 1 fully saturated rings. The topological polar surface area (TPSA) is 98.8 Å². The highest BCUT2D eigenvalue weighted by Gasteiger charge is 2.45. The first-order valence-electron chi connectivity index (χ1n) is 9.18. The third-order valence-electron chi connectivity index (χ3n) is 4.34. The molecule has 0 aliphatic carbocycles. The van der Waals surface area contributed by atoms with Crippen molar-refractivity contribution in [3.05, 3.63) is 24.3 Å². The minimum absolute atomic E-state index is 0.114. The predicted molar refractivity (Wildman–Crippen MR) is 105 cm³/mol. The van der Waals surface area contributed by atoms with Crippen LogP contribution in [0, 0.1) is 0 Å². The Kier molecular flexibility index (Phi) is 7.67. The molecule has 2 rings (SSSR count). The third kappa shape index (κ3) is 6.17. The predicted octanol–water partition coefficient (Wildman–Crippen LogP) is 1.43. The van der Waals surface area contributed by atoms with E-state index in [-0.39, 0.29) is 22.5 Å². The van der Waals surface area contributed by atoms with Gasteiger partial charge in [0.15, 0.2) is 19.7 Å². The van der Waals surface area contributed by atoms with E-state index in [9.17, 15) is 16.8 Å². The Morgan fingerprint density at radius 2 is 1.85 bits per heavy atom. The highest BCUT2D eigenvalue weighted by atomic mass is 32.2. The number of rotatable bonds is 10. The lowest BCUT2D eigenvalue weighted by atomic mass is 10.2. The normalized spacial score (nSPS) is 22.2. The van der Waals surface area contributed by atoms with Gasteiger partial charge in [0, 0.05) is 12.6 Å². The van der Waals surface area contributed by atoms with Crippen molar-refractivity contribution in [1.29, 1.82) is 0 Å². The van der Waals surface area contributed by atoms with Crippen LogP contribution in [0.1, 0.15) is 27.2 Å². The van der Waals surface area contributed by atoms with Crippen molar-refractivity contribution < 1.29 is 26.3 Å². The smallest absolute Gasteiger partial charge is 0.183 e. The summed E-state index contributed by atoms with van der Waals surface area (Å²) in [6.07, 6.45) is 0.814. The molecular weight excluding hydrogens is 390 g/mol. The van der Waals surface area contributed by atoms with Crippen LogP contribution in [0.4, 0.5) is 0 Å². The summed E-state index contributed by atoms with van der Waals surface area (Å²) in [7, 11) is -7.18. The number of nitrogens with one attached hydrogen (secondary N) is 1. The fourth-order valence-electron chi connectivity index (χ4n) is 3.06. The second-order valence-corrected chi connectivity index (χ2v) is 11.2. The molecule has 1 aliphatic heterocycles. The molecule has 7 nitrogen and oxygen atoms in total. The SMILES string of the molecule is CCOc1ccc(S(=O)(=O)[C@H]2CS(=O)(=O)C[C@@H]2NCCCOC(C)C)cc1. The largest absolute Gasteiger partial charge is 0.494 e. The Balaban J connectivity index is 2.09. The zero-order chi connectivity index (χ0) is 20.1. The van der Waals surface area contributed by atoms with Crippen LogP contribution in [0.2, 0.25) is 0 Å². The molecule has 1 saturated heterocycles. The molecule has 1 aliphatic rings. The highest BCUT2D eigenvalue weighted by molar-refractivity contribution is 7.96. The van der Waals surface area contributed by atoms with Gasteiger partial charge in [-0.15, -0.1) is 0 Å². The molecule has 0 spiro atoms. The average molecular weight is 420 g/mol. The number of sulfone groups is 2. The lowest BCUT2D eigenvalue weighted by Crippen LogP contribution is -2.43. The minimum Gasteiger partial charge on any atom is -0.494 e. The molecule has 9 heteroatoms. The van der Waals surface area contributed by atoms with Crippen molar-refractivity contribution in [3.63, 3.8) is 0 Å². The second-order valence-electron chi connectivity index (χ2n) is 6.90. The molecule has 27 heavy (non-hydrogen) atoms. The van der Waals surface area contributed by atoms with Crippen LogP contribution in [0.3, 0.4) is 0 Å². The number of hydrogen-bond donors (Lipinski definition) is 1. The summed E-state index contributed by atoms with van der Waals surface area (Å²) < 4.78 is 61.0. The van der Waals surface area contributed by atoms with Crippen molar-refractivity contribution >= 4 is 19.7 Å². The molecule has 1 aromatic rings. The highest BCUT2D eigenvalue weighted by Crippen LogP contribution is 2.27. The number of ether oxygens (including phenoxy) is 2. The lowest BCUT2D eigenvalue weighted by molar-refractivity contribution is 0.0768. The van der Waals surface area contributed by atoms with E-state index in [1.165, 1.54) is 12.1 Å². The van der Waals surface area contributed by atoms with E-state index in [1.54, 1.807) is 12.1 Å². The quantitative estimate of drug-likeness (QED) is 0.573. The molecule has 1 aromatic carbocycles. The van der Waals surface area contributed by atoms with Crippen molar-refractivity contribution in [3.8, 4) is 5.75 Å². The molecule has 2 atom stereocenters. The van der Waals surface area contributed by atoms with E-state index in [4.69, 9.17) is 9.47 Å². The fraction of sp³-hybridized carbons (Fsp3) is 0.667. The first-order valence-corrected chi connectivity index (χ1v) is 12.5. The molecule has 0 amide bonds. The van der Waals surface area contributed by atoms with Gasteiger partial charge >= 0.3 is 0 Å². The molecule has 0 aromatic heterocycles. The van der Waals surface area contributed by atoms with Crippen LogP contribution in [-0.2, 0) is 24.4 Å². The Hall–Kier alpha value is -1.16. The van der Waals surface area contributed by atoms with Crippen LogP contribution < -0.4 is 10.1 Å². The fourth-order valence-corrected chi connectivity index (χ4v) is 7.77. The molecule has 1 N–H and O–H groups in total. The van der Waals surface area contributed by atoms with Gasteiger partial charge in [-0.25, -0.2) is 16.8 Å². The van der Waals surface area contributed by atoms with Crippen molar-refractivity contribution in [2.24, 2.45) is 0 Å². The summed E-state index contributed by atoms with van der Waals surface area (Å²) in [6, 6.07) is 5.50. The molecule has 0 unspecified atom stereocenters. The van der Waals surface area contributed by atoms with Crippen LogP contribution in [-0.4, -0.2) is 65.5 Å². The molecule has 1 heterocycles. The van der Waals surface area contributed by atoms with E-state index in [2.05, 4.69) is 5.32 Å². The number of benzene rings is 1. The maximum absolute atomic E-state index is 13.0. The number of hydrogen-bond acceptors (Lipinski definition) is 7. The maximum Gasteiger partial charge on any atom is 0.183 e. The van der Waals surface area contributed by atoms with Crippen LogP contribution in [0.5, 0.6) is 5.75 Å². The Morgan fingerprint density at radius 3 is 2.44 bits per heavy atom. The monoisotopic (exact) mass is 419 g/mol. The zero-order valence-electron chi connectivity index (χ0n) is 16.1. The minimum atomic E-state index is -3.78. The molecular formula is C18H29NO6S2. The van der Waals surface area contributed by atoms with Gasteiger partial charge in [0.05, 0.1) is 34.4 Å². The first kappa shape index (κ1) is 22.1. The average Bonchev–Trinajstić information content (AvgIpc) is 2.90. The van der Waals surface area contributed by atoms with Gasteiger partial charge in [0.2, 0.25) is 0 Å².